The Hall–Kier alpha value is -2.79. The number of carbonyl (C=O) groups is 2. The standard InChI is InChI=1S/C23H26O9S/c1-15-9-11-19(12-10-15)33(26,27)32-22-21(29-13-18-7-5-4-6-8-18)20(14-28-16(2)24)31-23(22)30-17(3)25/h4-12,20-23H,13-14H2,1-3H3/t20-,21+,22+,23+/m1/s1. The van der Waals surface area contributed by atoms with Gasteiger partial charge in [0.25, 0.3) is 10.1 Å². The van der Waals surface area contributed by atoms with Crippen molar-refractivity contribution in [2.24, 2.45) is 0 Å². The first-order chi connectivity index (χ1) is 15.7. The van der Waals surface area contributed by atoms with Gasteiger partial charge in [-0.15, -0.1) is 0 Å². The highest BCUT2D eigenvalue weighted by Gasteiger charge is 2.51. The predicted octanol–water partition coefficient (Wildman–Crippen LogP) is 2.51. The van der Waals surface area contributed by atoms with Crippen molar-refractivity contribution in [2.45, 2.75) is 56.9 Å². The summed E-state index contributed by atoms with van der Waals surface area (Å²) in [5.41, 5.74) is 1.70. The van der Waals surface area contributed by atoms with Crippen LogP contribution in [0.25, 0.3) is 0 Å². The SMILES string of the molecule is CC(=O)OC[C@H]1O[C@H](OC(C)=O)[C@@H](OS(=O)(=O)c2ccc(C)cc2)[C@H]1OCc1ccccc1. The summed E-state index contributed by atoms with van der Waals surface area (Å²) in [4.78, 5) is 22.9. The van der Waals surface area contributed by atoms with Gasteiger partial charge in [0.15, 0.2) is 6.10 Å². The van der Waals surface area contributed by atoms with Gasteiger partial charge in [0.05, 0.1) is 11.5 Å². The van der Waals surface area contributed by atoms with Crippen molar-refractivity contribution in [3.8, 4) is 0 Å². The average Bonchev–Trinajstić information content (AvgIpc) is 3.06. The van der Waals surface area contributed by atoms with Gasteiger partial charge in [0, 0.05) is 13.8 Å². The Kier molecular flexibility index (Phi) is 8.20. The van der Waals surface area contributed by atoms with Crippen molar-refractivity contribution in [3.63, 3.8) is 0 Å². The van der Waals surface area contributed by atoms with Crippen LogP contribution in [0.5, 0.6) is 0 Å². The normalized spacial score (nSPS) is 22.6. The summed E-state index contributed by atoms with van der Waals surface area (Å²) in [6.07, 6.45) is -4.66. The highest BCUT2D eigenvalue weighted by molar-refractivity contribution is 7.86. The number of hydrogen-bond acceptors (Lipinski definition) is 9. The largest absolute Gasteiger partial charge is 0.463 e. The van der Waals surface area contributed by atoms with Crippen LogP contribution in [0.3, 0.4) is 0 Å². The highest BCUT2D eigenvalue weighted by Crippen LogP contribution is 2.31. The maximum Gasteiger partial charge on any atom is 0.305 e. The molecule has 178 valence electrons. The zero-order valence-electron chi connectivity index (χ0n) is 18.5. The molecule has 0 unspecified atom stereocenters. The Morgan fingerprint density at radius 1 is 0.939 bits per heavy atom. The number of rotatable bonds is 9. The van der Waals surface area contributed by atoms with E-state index in [-0.39, 0.29) is 18.1 Å². The van der Waals surface area contributed by atoms with Crippen LogP contribution in [0.2, 0.25) is 0 Å². The second-order valence-electron chi connectivity index (χ2n) is 7.54. The molecule has 0 amide bonds. The Morgan fingerprint density at radius 3 is 2.21 bits per heavy atom. The average molecular weight is 479 g/mol. The molecule has 2 aromatic carbocycles. The second kappa shape index (κ2) is 10.9. The maximum atomic E-state index is 13.0. The van der Waals surface area contributed by atoms with E-state index in [0.29, 0.717) is 0 Å². The van der Waals surface area contributed by atoms with Gasteiger partial charge in [-0.25, -0.2) is 0 Å². The van der Waals surface area contributed by atoms with E-state index in [9.17, 15) is 18.0 Å². The minimum atomic E-state index is -4.26. The number of hydrogen-bond donors (Lipinski definition) is 0. The third-order valence-electron chi connectivity index (χ3n) is 4.83. The van der Waals surface area contributed by atoms with Gasteiger partial charge >= 0.3 is 11.9 Å². The molecule has 1 saturated heterocycles. The van der Waals surface area contributed by atoms with Crippen molar-refractivity contribution in [1.82, 2.24) is 0 Å². The van der Waals surface area contributed by atoms with E-state index in [4.69, 9.17) is 23.1 Å². The molecule has 0 saturated carbocycles. The van der Waals surface area contributed by atoms with Crippen LogP contribution in [0, 0.1) is 6.92 Å². The molecule has 3 rings (SSSR count). The van der Waals surface area contributed by atoms with Crippen LogP contribution in [-0.2, 0) is 49.4 Å². The molecular formula is C23H26O9S. The lowest BCUT2D eigenvalue weighted by molar-refractivity contribution is -0.187. The van der Waals surface area contributed by atoms with Gasteiger partial charge < -0.3 is 18.9 Å². The third kappa shape index (κ3) is 6.84. The Morgan fingerprint density at radius 2 is 1.61 bits per heavy atom. The molecule has 1 aliphatic rings. The fourth-order valence-electron chi connectivity index (χ4n) is 3.26. The van der Waals surface area contributed by atoms with Gasteiger partial charge in [-0.2, -0.15) is 8.42 Å². The van der Waals surface area contributed by atoms with E-state index in [1.807, 2.05) is 37.3 Å². The first-order valence-corrected chi connectivity index (χ1v) is 11.7. The molecule has 0 bridgehead atoms. The lowest BCUT2D eigenvalue weighted by Crippen LogP contribution is -2.41. The lowest BCUT2D eigenvalue weighted by Gasteiger charge is -2.24. The van der Waals surface area contributed by atoms with Crippen molar-refractivity contribution >= 4 is 22.1 Å². The molecule has 0 spiro atoms. The van der Waals surface area contributed by atoms with Crippen LogP contribution in [0.4, 0.5) is 0 Å². The molecule has 0 aromatic heterocycles. The first kappa shape index (κ1) is 24.8. The van der Waals surface area contributed by atoms with Gasteiger partial charge in [-0.1, -0.05) is 48.0 Å². The number of benzene rings is 2. The fraction of sp³-hybridized carbons (Fsp3) is 0.391. The summed E-state index contributed by atoms with van der Waals surface area (Å²) in [5, 5.41) is 0. The molecule has 0 radical (unpaired) electrons. The molecule has 4 atom stereocenters. The summed E-state index contributed by atoms with van der Waals surface area (Å²) in [6, 6.07) is 15.3. The summed E-state index contributed by atoms with van der Waals surface area (Å²) < 4.78 is 53.3. The van der Waals surface area contributed by atoms with Gasteiger partial charge in [0.2, 0.25) is 6.29 Å². The number of carbonyl (C=O) groups excluding carboxylic acids is 2. The van der Waals surface area contributed by atoms with Crippen LogP contribution in [0.15, 0.2) is 59.5 Å². The number of esters is 2. The van der Waals surface area contributed by atoms with Gasteiger partial charge in [-0.3, -0.25) is 13.8 Å². The molecule has 2 aromatic rings. The second-order valence-corrected chi connectivity index (χ2v) is 9.12. The van der Waals surface area contributed by atoms with E-state index in [0.717, 1.165) is 18.1 Å². The summed E-state index contributed by atoms with van der Waals surface area (Å²) in [5.74, 6) is -1.25. The minimum Gasteiger partial charge on any atom is -0.463 e. The molecule has 0 N–H and O–H groups in total. The van der Waals surface area contributed by atoms with Gasteiger partial charge in [0.1, 0.15) is 18.8 Å². The molecular weight excluding hydrogens is 452 g/mol. The minimum absolute atomic E-state index is 0.0695. The topological polar surface area (TPSA) is 114 Å². The zero-order valence-corrected chi connectivity index (χ0v) is 19.3. The molecule has 9 nitrogen and oxygen atoms in total. The highest BCUT2D eigenvalue weighted by atomic mass is 32.2. The smallest absolute Gasteiger partial charge is 0.305 e. The van der Waals surface area contributed by atoms with E-state index in [1.54, 1.807) is 12.1 Å². The van der Waals surface area contributed by atoms with E-state index in [1.165, 1.54) is 19.1 Å². The molecule has 0 aliphatic carbocycles. The molecule has 1 heterocycles. The zero-order chi connectivity index (χ0) is 24.0. The molecule has 33 heavy (non-hydrogen) atoms. The quantitative estimate of drug-likeness (QED) is 0.396. The fourth-order valence-corrected chi connectivity index (χ4v) is 4.33. The van der Waals surface area contributed by atoms with Crippen molar-refractivity contribution < 1.29 is 41.1 Å². The Bertz CT molecular complexity index is 1050. The summed E-state index contributed by atoms with van der Waals surface area (Å²) in [6.45, 7) is 4.08. The van der Waals surface area contributed by atoms with E-state index in [2.05, 4.69) is 0 Å². The van der Waals surface area contributed by atoms with Crippen LogP contribution >= 0.6 is 0 Å². The molecule has 10 heteroatoms. The number of aryl methyl sites for hydroxylation is 1. The molecule has 1 aliphatic heterocycles. The Labute approximate surface area is 192 Å². The van der Waals surface area contributed by atoms with Crippen LogP contribution < -0.4 is 0 Å². The summed E-state index contributed by atoms with van der Waals surface area (Å²) in [7, 11) is -4.26. The van der Waals surface area contributed by atoms with Crippen LogP contribution in [0.1, 0.15) is 25.0 Å². The van der Waals surface area contributed by atoms with Crippen molar-refractivity contribution in [1.29, 1.82) is 0 Å². The van der Waals surface area contributed by atoms with Crippen LogP contribution in [-0.4, -0.2) is 51.6 Å². The Balaban J connectivity index is 1.88. The van der Waals surface area contributed by atoms with Crippen molar-refractivity contribution in [2.75, 3.05) is 6.61 Å². The van der Waals surface area contributed by atoms with E-state index >= 15 is 0 Å². The summed E-state index contributed by atoms with van der Waals surface area (Å²) >= 11 is 0. The number of ether oxygens (including phenoxy) is 4. The van der Waals surface area contributed by atoms with E-state index < -0.39 is 46.7 Å². The molecule has 1 fully saturated rings. The third-order valence-corrected chi connectivity index (χ3v) is 6.16. The predicted molar refractivity (Wildman–Crippen MR) is 115 cm³/mol. The van der Waals surface area contributed by atoms with Gasteiger partial charge in [-0.05, 0) is 24.6 Å². The van der Waals surface area contributed by atoms with Crippen molar-refractivity contribution in [3.05, 3.63) is 65.7 Å². The maximum absolute atomic E-state index is 13.0. The lowest BCUT2D eigenvalue weighted by atomic mass is 10.1. The first-order valence-electron chi connectivity index (χ1n) is 10.3. The monoisotopic (exact) mass is 478 g/mol.